The summed E-state index contributed by atoms with van der Waals surface area (Å²) in [6.07, 6.45) is 5.24. The molecule has 0 aliphatic heterocycles. The molecule has 0 amide bonds. The van der Waals surface area contributed by atoms with Gasteiger partial charge < -0.3 is 10.6 Å². The van der Waals surface area contributed by atoms with Gasteiger partial charge in [0.15, 0.2) is 0 Å². The van der Waals surface area contributed by atoms with Gasteiger partial charge in [-0.15, -0.1) is 0 Å². The summed E-state index contributed by atoms with van der Waals surface area (Å²) in [4.78, 5) is 0. The molecule has 0 bridgehead atoms. The maximum absolute atomic E-state index is 3.79. The molecular formula is C21H28N2. The monoisotopic (exact) mass is 308 g/mol. The number of rotatable bonds is 6. The molecule has 2 atom stereocenters. The van der Waals surface area contributed by atoms with Gasteiger partial charge in [0.1, 0.15) is 0 Å². The molecule has 1 aliphatic rings. The number of nitrogens with one attached hydrogen (secondary N) is 2. The lowest BCUT2D eigenvalue weighted by Gasteiger charge is -2.33. The van der Waals surface area contributed by atoms with Crippen molar-refractivity contribution in [1.29, 1.82) is 0 Å². The van der Waals surface area contributed by atoms with Crippen LogP contribution in [0.4, 0.5) is 0 Å². The molecule has 122 valence electrons. The van der Waals surface area contributed by atoms with E-state index in [1.165, 1.54) is 42.4 Å². The molecule has 1 saturated carbocycles. The van der Waals surface area contributed by atoms with Crippen molar-refractivity contribution in [1.82, 2.24) is 10.6 Å². The molecule has 2 heteroatoms. The van der Waals surface area contributed by atoms with Gasteiger partial charge in [-0.2, -0.15) is 0 Å². The first-order valence-corrected chi connectivity index (χ1v) is 8.87. The smallest absolute Gasteiger partial charge is 0.0224 e. The average molecular weight is 308 g/mol. The van der Waals surface area contributed by atoms with Crippen LogP contribution >= 0.6 is 0 Å². The van der Waals surface area contributed by atoms with Crippen LogP contribution in [0.2, 0.25) is 0 Å². The van der Waals surface area contributed by atoms with E-state index in [-0.39, 0.29) is 0 Å². The van der Waals surface area contributed by atoms with Crippen LogP contribution in [0.3, 0.4) is 0 Å². The summed E-state index contributed by atoms with van der Waals surface area (Å²) in [5.74, 6) is 0. The quantitative estimate of drug-likeness (QED) is 0.836. The van der Waals surface area contributed by atoms with E-state index in [4.69, 9.17) is 0 Å². The highest BCUT2D eigenvalue weighted by Crippen LogP contribution is 2.20. The van der Waals surface area contributed by atoms with Crippen LogP contribution in [0, 0.1) is 6.92 Å². The third-order valence-electron chi connectivity index (χ3n) is 4.83. The van der Waals surface area contributed by atoms with Gasteiger partial charge in [0.05, 0.1) is 0 Å². The molecule has 1 fully saturated rings. The molecule has 2 aromatic rings. The minimum Gasteiger partial charge on any atom is -0.308 e. The first kappa shape index (κ1) is 16.2. The van der Waals surface area contributed by atoms with Gasteiger partial charge in [-0.25, -0.2) is 0 Å². The standard InChI is InChI=1S/C21H28N2/c1-17-8-7-11-19(14-17)16-23-21-13-6-5-12-20(21)22-15-18-9-3-2-4-10-18/h2-4,7-11,14,20-23H,5-6,12-13,15-16H2,1H3. The van der Waals surface area contributed by atoms with Crippen LogP contribution in [0.25, 0.3) is 0 Å². The molecule has 0 radical (unpaired) electrons. The Morgan fingerprint density at radius 2 is 1.39 bits per heavy atom. The molecule has 2 N–H and O–H groups in total. The highest BCUT2D eigenvalue weighted by Gasteiger charge is 2.24. The fourth-order valence-corrected chi connectivity index (χ4v) is 3.54. The topological polar surface area (TPSA) is 24.1 Å². The second-order valence-corrected chi connectivity index (χ2v) is 6.73. The van der Waals surface area contributed by atoms with Crippen molar-refractivity contribution in [2.24, 2.45) is 0 Å². The van der Waals surface area contributed by atoms with Crippen LogP contribution < -0.4 is 10.6 Å². The van der Waals surface area contributed by atoms with Crippen LogP contribution in [0.1, 0.15) is 42.4 Å². The van der Waals surface area contributed by atoms with E-state index in [9.17, 15) is 0 Å². The lowest BCUT2D eigenvalue weighted by Crippen LogP contribution is -2.49. The Morgan fingerprint density at radius 1 is 0.783 bits per heavy atom. The Hall–Kier alpha value is -1.64. The number of hydrogen-bond acceptors (Lipinski definition) is 2. The van der Waals surface area contributed by atoms with E-state index >= 15 is 0 Å². The van der Waals surface area contributed by atoms with E-state index in [0.29, 0.717) is 12.1 Å². The largest absolute Gasteiger partial charge is 0.308 e. The lowest BCUT2D eigenvalue weighted by molar-refractivity contribution is 0.281. The summed E-state index contributed by atoms with van der Waals surface area (Å²) in [7, 11) is 0. The molecule has 2 nitrogen and oxygen atoms in total. The van der Waals surface area contributed by atoms with Crippen LogP contribution in [-0.4, -0.2) is 12.1 Å². The minimum absolute atomic E-state index is 0.577. The van der Waals surface area contributed by atoms with E-state index in [2.05, 4.69) is 72.2 Å². The summed E-state index contributed by atoms with van der Waals surface area (Å²) in [6.45, 7) is 4.10. The first-order valence-electron chi connectivity index (χ1n) is 8.87. The van der Waals surface area contributed by atoms with Crippen LogP contribution in [-0.2, 0) is 13.1 Å². The second kappa shape index (κ2) is 8.28. The van der Waals surface area contributed by atoms with Crippen molar-refractivity contribution >= 4 is 0 Å². The first-order chi connectivity index (χ1) is 11.3. The molecule has 0 aromatic heterocycles. The Balaban J connectivity index is 1.53. The van der Waals surface area contributed by atoms with Crippen molar-refractivity contribution in [2.45, 2.75) is 57.8 Å². The van der Waals surface area contributed by atoms with Gasteiger partial charge in [-0.05, 0) is 30.9 Å². The fraction of sp³-hybridized carbons (Fsp3) is 0.429. The molecule has 1 aliphatic carbocycles. The lowest BCUT2D eigenvalue weighted by atomic mass is 9.90. The second-order valence-electron chi connectivity index (χ2n) is 6.73. The predicted octanol–water partition coefficient (Wildman–Crippen LogP) is 4.19. The Morgan fingerprint density at radius 3 is 2.04 bits per heavy atom. The molecule has 23 heavy (non-hydrogen) atoms. The molecule has 0 spiro atoms. The maximum Gasteiger partial charge on any atom is 0.0224 e. The molecule has 3 rings (SSSR count). The van der Waals surface area contributed by atoms with Gasteiger partial charge in [-0.3, -0.25) is 0 Å². The van der Waals surface area contributed by atoms with Gasteiger partial charge >= 0.3 is 0 Å². The van der Waals surface area contributed by atoms with Gasteiger partial charge in [-0.1, -0.05) is 73.0 Å². The molecule has 2 aromatic carbocycles. The predicted molar refractivity (Wildman–Crippen MR) is 97.3 cm³/mol. The zero-order valence-corrected chi connectivity index (χ0v) is 14.1. The summed E-state index contributed by atoms with van der Waals surface area (Å²) < 4.78 is 0. The Labute approximate surface area is 140 Å². The van der Waals surface area contributed by atoms with Gasteiger partial charge in [0.25, 0.3) is 0 Å². The number of aryl methyl sites for hydroxylation is 1. The van der Waals surface area contributed by atoms with Crippen molar-refractivity contribution in [3.8, 4) is 0 Å². The van der Waals surface area contributed by atoms with Gasteiger partial charge in [0.2, 0.25) is 0 Å². The Bertz CT molecular complexity index is 594. The third kappa shape index (κ3) is 4.92. The SMILES string of the molecule is Cc1cccc(CNC2CCCCC2NCc2ccccc2)c1. The highest BCUT2D eigenvalue weighted by molar-refractivity contribution is 5.22. The van der Waals surface area contributed by atoms with E-state index in [1.54, 1.807) is 0 Å². The van der Waals surface area contributed by atoms with Gasteiger partial charge in [0, 0.05) is 25.2 Å². The molecule has 0 saturated heterocycles. The molecule has 2 unspecified atom stereocenters. The third-order valence-corrected chi connectivity index (χ3v) is 4.83. The summed E-state index contributed by atoms with van der Waals surface area (Å²) >= 11 is 0. The van der Waals surface area contributed by atoms with Crippen LogP contribution in [0.5, 0.6) is 0 Å². The van der Waals surface area contributed by atoms with E-state index in [0.717, 1.165) is 13.1 Å². The number of benzene rings is 2. The normalized spacial score (nSPS) is 21.3. The maximum atomic E-state index is 3.79. The average Bonchev–Trinajstić information content (AvgIpc) is 2.60. The highest BCUT2D eigenvalue weighted by atomic mass is 15.0. The number of hydrogen-bond donors (Lipinski definition) is 2. The zero-order chi connectivity index (χ0) is 15.9. The summed E-state index contributed by atoms with van der Waals surface area (Å²) in [5, 5.41) is 7.56. The van der Waals surface area contributed by atoms with Crippen molar-refractivity contribution < 1.29 is 0 Å². The Kier molecular flexibility index (Phi) is 5.84. The summed E-state index contributed by atoms with van der Waals surface area (Å²) in [6, 6.07) is 20.7. The van der Waals surface area contributed by atoms with Crippen molar-refractivity contribution in [2.75, 3.05) is 0 Å². The zero-order valence-electron chi connectivity index (χ0n) is 14.1. The van der Waals surface area contributed by atoms with E-state index in [1.807, 2.05) is 0 Å². The van der Waals surface area contributed by atoms with Crippen LogP contribution in [0.15, 0.2) is 54.6 Å². The summed E-state index contributed by atoms with van der Waals surface area (Å²) in [5.41, 5.74) is 4.10. The van der Waals surface area contributed by atoms with Crippen molar-refractivity contribution in [3.63, 3.8) is 0 Å². The fourth-order valence-electron chi connectivity index (χ4n) is 3.54. The molecule has 0 heterocycles. The van der Waals surface area contributed by atoms with Crippen molar-refractivity contribution in [3.05, 3.63) is 71.3 Å². The molecular weight excluding hydrogens is 280 g/mol. The van der Waals surface area contributed by atoms with E-state index < -0.39 is 0 Å². The minimum atomic E-state index is 0.577.